The van der Waals surface area contributed by atoms with Crippen LogP contribution >= 0.6 is 11.3 Å². The van der Waals surface area contributed by atoms with Crippen molar-refractivity contribution >= 4 is 45.6 Å². The summed E-state index contributed by atoms with van der Waals surface area (Å²) in [5.74, 6) is 0.241. The molecule has 214 valence electrons. The summed E-state index contributed by atoms with van der Waals surface area (Å²) in [5.41, 5.74) is 5.44. The van der Waals surface area contributed by atoms with Gasteiger partial charge >= 0.3 is 0 Å². The van der Waals surface area contributed by atoms with Gasteiger partial charge in [0.05, 0.1) is 18.2 Å². The van der Waals surface area contributed by atoms with E-state index < -0.39 is 0 Å². The Morgan fingerprint density at radius 3 is 2.73 bits per heavy atom. The van der Waals surface area contributed by atoms with Crippen LogP contribution in [0.1, 0.15) is 47.6 Å². The minimum Gasteiger partial charge on any atom is -0.474 e. The topological polar surface area (TPSA) is 130 Å². The average molecular weight is 574 g/mol. The van der Waals surface area contributed by atoms with Crippen LogP contribution in [0.5, 0.6) is 5.88 Å². The number of amides is 2. The van der Waals surface area contributed by atoms with Gasteiger partial charge in [0.2, 0.25) is 11.8 Å². The molecule has 2 amide bonds. The number of para-hydroxylation sites is 1. The van der Waals surface area contributed by atoms with Gasteiger partial charge in [0.25, 0.3) is 5.91 Å². The van der Waals surface area contributed by atoms with Crippen LogP contribution < -0.4 is 26.0 Å². The van der Waals surface area contributed by atoms with E-state index in [1.54, 1.807) is 25.4 Å². The molecule has 3 heterocycles. The van der Waals surface area contributed by atoms with Crippen molar-refractivity contribution in [2.75, 3.05) is 37.3 Å². The SMILES string of the molecule is CNC(=O)c1sc(-c2ccnc(NC(=O)CNCCNc3c4c(nc5ccccc35)CCCC4)c2)nc1OC(C)C. The molecule has 3 aromatic heterocycles. The predicted molar refractivity (Wildman–Crippen MR) is 163 cm³/mol. The molecule has 1 aliphatic carbocycles. The van der Waals surface area contributed by atoms with Gasteiger partial charge in [-0.1, -0.05) is 18.2 Å². The van der Waals surface area contributed by atoms with Crippen LogP contribution in [0, 0.1) is 0 Å². The summed E-state index contributed by atoms with van der Waals surface area (Å²) in [6.07, 6.45) is 5.90. The summed E-state index contributed by atoms with van der Waals surface area (Å²) in [7, 11) is 1.57. The quantitative estimate of drug-likeness (QED) is 0.194. The summed E-state index contributed by atoms with van der Waals surface area (Å²) in [6, 6.07) is 11.8. The second kappa shape index (κ2) is 13.0. The molecule has 0 atom stereocenters. The Labute approximate surface area is 243 Å². The molecule has 0 saturated carbocycles. The molecule has 10 nitrogen and oxygen atoms in total. The first-order valence-corrected chi connectivity index (χ1v) is 14.8. The molecule has 1 aromatic carbocycles. The number of benzene rings is 1. The van der Waals surface area contributed by atoms with E-state index in [0.29, 0.717) is 34.7 Å². The minimum absolute atomic E-state index is 0.127. The van der Waals surface area contributed by atoms with Gasteiger partial charge in [-0.3, -0.25) is 14.6 Å². The van der Waals surface area contributed by atoms with Crippen LogP contribution in [0.25, 0.3) is 21.5 Å². The summed E-state index contributed by atoms with van der Waals surface area (Å²) >= 11 is 1.23. The molecule has 11 heteroatoms. The number of aromatic nitrogens is 3. The van der Waals surface area contributed by atoms with E-state index in [9.17, 15) is 9.59 Å². The molecule has 41 heavy (non-hydrogen) atoms. The Morgan fingerprint density at radius 1 is 1.07 bits per heavy atom. The van der Waals surface area contributed by atoms with Crippen LogP contribution in [-0.2, 0) is 17.6 Å². The second-order valence-electron chi connectivity index (χ2n) is 10.1. The average Bonchev–Trinajstić information content (AvgIpc) is 3.39. The zero-order valence-electron chi connectivity index (χ0n) is 23.5. The lowest BCUT2D eigenvalue weighted by Gasteiger charge is -2.21. The van der Waals surface area contributed by atoms with Gasteiger partial charge in [0, 0.05) is 48.7 Å². The zero-order chi connectivity index (χ0) is 28.8. The van der Waals surface area contributed by atoms with Crippen LogP contribution in [0.2, 0.25) is 0 Å². The first-order chi connectivity index (χ1) is 19.9. The van der Waals surface area contributed by atoms with Gasteiger partial charge in [-0.25, -0.2) is 9.97 Å². The fourth-order valence-corrected chi connectivity index (χ4v) is 5.80. The fraction of sp³-hybridized carbons (Fsp3) is 0.367. The van der Waals surface area contributed by atoms with E-state index >= 15 is 0 Å². The number of rotatable bonds is 11. The maximum atomic E-state index is 12.6. The van der Waals surface area contributed by atoms with Crippen molar-refractivity contribution in [1.29, 1.82) is 0 Å². The summed E-state index contributed by atoms with van der Waals surface area (Å²) < 4.78 is 5.74. The van der Waals surface area contributed by atoms with Crippen LogP contribution in [0.4, 0.5) is 11.5 Å². The number of carbonyl (C=O) groups excluding carboxylic acids is 2. The Morgan fingerprint density at radius 2 is 1.90 bits per heavy atom. The van der Waals surface area contributed by atoms with Gasteiger partial charge in [0.1, 0.15) is 10.8 Å². The predicted octanol–water partition coefficient (Wildman–Crippen LogP) is 4.42. The van der Waals surface area contributed by atoms with Crippen LogP contribution in [0.3, 0.4) is 0 Å². The highest BCUT2D eigenvalue weighted by Crippen LogP contribution is 2.34. The largest absolute Gasteiger partial charge is 0.474 e. The van der Waals surface area contributed by atoms with Crippen molar-refractivity contribution in [3.8, 4) is 16.5 Å². The highest BCUT2D eigenvalue weighted by Gasteiger charge is 2.21. The van der Waals surface area contributed by atoms with Crippen molar-refractivity contribution in [3.63, 3.8) is 0 Å². The molecule has 0 saturated heterocycles. The van der Waals surface area contributed by atoms with Crippen molar-refractivity contribution in [2.45, 2.75) is 45.6 Å². The molecule has 4 N–H and O–H groups in total. The molecule has 1 aliphatic rings. The number of nitrogens with one attached hydrogen (secondary N) is 4. The van der Waals surface area contributed by atoms with Gasteiger partial charge in [-0.15, -0.1) is 11.3 Å². The molecule has 0 aliphatic heterocycles. The lowest BCUT2D eigenvalue weighted by molar-refractivity contribution is -0.115. The number of nitrogens with zero attached hydrogens (tertiary/aromatic N) is 3. The van der Waals surface area contributed by atoms with E-state index in [0.717, 1.165) is 29.3 Å². The van der Waals surface area contributed by atoms with Gasteiger partial charge in [-0.2, -0.15) is 0 Å². The van der Waals surface area contributed by atoms with Gasteiger partial charge < -0.3 is 26.0 Å². The Hall–Kier alpha value is -4.09. The van der Waals surface area contributed by atoms with Crippen LogP contribution in [0.15, 0.2) is 42.6 Å². The number of fused-ring (bicyclic) bond motifs is 2. The summed E-state index contributed by atoms with van der Waals surface area (Å²) in [4.78, 5) is 39.1. The number of hydrogen-bond donors (Lipinski definition) is 4. The van der Waals surface area contributed by atoms with Crippen LogP contribution in [-0.4, -0.2) is 59.6 Å². The number of pyridine rings is 2. The van der Waals surface area contributed by atoms with Crippen molar-refractivity contribution in [3.05, 3.63) is 58.7 Å². The third-order valence-corrected chi connectivity index (χ3v) is 7.79. The third-order valence-electron chi connectivity index (χ3n) is 6.71. The smallest absolute Gasteiger partial charge is 0.266 e. The van der Waals surface area contributed by atoms with Crippen molar-refractivity contribution in [1.82, 2.24) is 25.6 Å². The molecule has 0 spiro atoms. The molecule has 0 radical (unpaired) electrons. The Balaban J connectivity index is 1.17. The number of ether oxygens (including phenoxy) is 1. The van der Waals surface area contributed by atoms with E-state index in [1.807, 2.05) is 26.0 Å². The monoisotopic (exact) mass is 573 g/mol. The van der Waals surface area contributed by atoms with E-state index in [-0.39, 0.29) is 24.5 Å². The molecular formula is C30H35N7O3S. The van der Waals surface area contributed by atoms with Crippen molar-refractivity contribution < 1.29 is 14.3 Å². The molecule has 5 rings (SSSR count). The zero-order valence-corrected chi connectivity index (χ0v) is 24.4. The lowest BCUT2D eigenvalue weighted by atomic mass is 9.92. The van der Waals surface area contributed by atoms with Gasteiger partial charge in [0.15, 0.2) is 4.88 Å². The maximum Gasteiger partial charge on any atom is 0.266 e. The van der Waals surface area contributed by atoms with Gasteiger partial charge in [-0.05, 0) is 63.3 Å². The summed E-state index contributed by atoms with van der Waals surface area (Å²) in [5, 5.41) is 14.0. The maximum absolute atomic E-state index is 12.6. The minimum atomic E-state index is -0.260. The van der Waals surface area contributed by atoms with Crippen molar-refractivity contribution in [2.24, 2.45) is 0 Å². The second-order valence-corrected chi connectivity index (χ2v) is 11.1. The first kappa shape index (κ1) is 28.4. The normalized spacial score (nSPS) is 12.7. The molecule has 4 aromatic rings. The highest BCUT2D eigenvalue weighted by atomic mass is 32.1. The standard InChI is InChI=1S/C30H35N7O3S/c1-18(2)40-29-27(28(39)31-3)41-30(37-29)19-12-13-33-24(16-19)36-25(38)17-32-14-15-34-26-20-8-4-6-10-22(20)35-23-11-7-5-9-21(23)26/h4,6,8,10,12-13,16,18,32H,5,7,9,11,14-15,17H2,1-3H3,(H,31,39)(H,34,35)(H,33,36,38). The number of anilines is 2. The molecule has 0 fully saturated rings. The highest BCUT2D eigenvalue weighted by molar-refractivity contribution is 7.17. The van der Waals surface area contributed by atoms with E-state index in [4.69, 9.17) is 9.72 Å². The first-order valence-electron chi connectivity index (χ1n) is 13.9. The number of aryl methyl sites for hydroxylation is 1. The number of thiazole rings is 1. The van der Waals surface area contributed by atoms with E-state index in [2.05, 4.69) is 43.4 Å². The third kappa shape index (κ3) is 6.80. The molecule has 0 bridgehead atoms. The van der Waals surface area contributed by atoms with E-state index in [1.165, 1.54) is 41.1 Å². The number of hydrogen-bond acceptors (Lipinski definition) is 9. The summed E-state index contributed by atoms with van der Waals surface area (Å²) in [6.45, 7) is 5.20. The fourth-order valence-electron chi connectivity index (χ4n) is 4.86. The Kier molecular flexibility index (Phi) is 9.05. The lowest BCUT2D eigenvalue weighted by Crippen LogP contribution is -2.31. The molecular weight excluding hydrogens is 538 g/mol. The number of carbonyl (C=O) groups is 2. The Bertz CT molecular complexity index is 1550. The molecule has 0 unspecified atom stereocenters.